The zero-order valence-corrected chi connectivity index (χ0v) is 16.3. The summed E-state index contributed by atoms with van der Waals surface area (Å²) in [4.78, 5) is 34.5. The molecule has 1 aromatic heterocycles. The first-order valence-electron chi connectivity index (χ1n) is 9.27. The predicted molar refractivity (Wildman–Crippen MR) is 111 cm³/mol. The van der Waals surface area contributed by atoms with Crippen LogP contribution in [0.4, 0.5) is 5.69 Å². The van der Waals surface area contributed by atoms with Crippen LogP contribution in [-0.4, -0.2) is 34.2 Å². The van der Waals surface area contributed by atoms with Gasteiger partial charge in [-0.05, 0) is 13.0 Å². The number of hydrogen-bond acceptors (Lipinski definition) is 6. The van der Waals surface area contributed by atoms with Crippen LogP contribution >= 0.6 is 0 Å². The number of hydrogen-bond donors (Lipinski definition) is 1. The summed E-state index contributed by atoms with van der Waals surface area (Å²) in [7, 11) is 0. The molecule has 0 unspecified atom stereocenters. The van der Waals surface area contributed by atoms with Crippen LogP contribution in [-0.2, 0) is 27.3 Å². The molecule has 30 heavy (non-hydrogen) atoms. The van der Waals surface area contributed by atoms with E-state index in [9.17, 15) is 19.7 Å². The normalized spacial score (nSPS) is 11.0. The fraction of sp³-hybridized carbons (Fsp3) is 0.190. The smallest absolute Gasteiger partial charge is 0.325 e. The molecule has 0 spiro atoms. The topological polar surface area (TPSA) is 116 Å². The Kier molecular flexibility index (Phi) is 6.53. The number of carbonyl (C=O) groups is 2. The lowest BCUT2D eigenvalue weighted by Gasteiger charge is -2.04. The summed E-state index contributed by atoms with van der Waals surface area (Å²) >= 11 is 0. The molecule has 0 saturated carbocycles. The second-order valence-corrected chi connectivity index (χ2v) is 6.39. The molecule has 1 heterocycles. The highest BCUT2D eigenvalue weighted by Gasteiger charge is 2.15. The summed E-state index contributed by atoms with van der Waals surface area (Å²) in [6, 6.07) is 13.5. The molecule has 0 bridgehead atoms. The first kappa shape index (κ1) is 20.7. The molecule has 3 aromatic rings. The van der Waals surface area contributed by atoms with Gasteiger partial charge in [0, 0.05) is 34.3 Å². The van der Waals surface area contributed by atoms with Gasteiger partial charge in [-0.2, -0.15) is 5.10 Å². The van der Waals surface area contributed by atoms with Gasteiger partial charge >= 0.3 is 5.97 Å². The van der Waals surface area contributed by atoms with E-state index in [-0.39, 0.29) is 24.6 Å². The molecule has 0 saturated heterocycles. The van der Waals surface area contributed by atoms with Crippen LogP contribution in [0.1, 0.15) is 18.1 Å². The van der Waals surface area contributed by atoms with E-state index in [1.165, 1.54) is 18.3 Å². The molecule has 154 valence electrons. The number of benzene rings is 2. The molecule has 9 heteroatoms. The van der Waals surface area contributed by atoms with Crippen LogP contribution in [0, 0.1) is 10.1 Å². The first-order valence-corrected chi connectivity index (χ1v) is 9.27. The van der Waals surface area contributed by atoms with Gasteiger partial charge in [-0.1, -0.05) is 36.4 Å². The Morgan fingerprint density at radius 2 is 1.93 bits per heavy atom. The van der Waals surface area contributed by atoms with Gasteiger partial charge in [0.1, 0.15) is 6.54 Å². The van der Waals surface area contributed by atoms with Crippen LogP contribution in [0.3, 0.4) is 0 Å². The lowest BCUT2D eigenvalue weighted by Crippen LogP contribution is -2.20. The predicted octanol–water partition coefficient (Wildman–Crippen LogP) is 2.81. The third-order valence-corrected chi connectivity index (χ3v) is 4.36. The highest BCUT2D eigenvalue weighted by molar-refractivity contribution is 6.00. The number of amides is 1. The van der Waals surface area contributed by atoms with E-state index < -0.39 is 10.8 Å². The fourth-order valence-electron chi connectivity index (χ4n) is 3.08. The van der Waals surface area contributed by atoms with Crippen molar-refractivity contribution in [3.8, 4) is 0 Å². The van der Waals surface area contributed by atoms with Crippen molar-refractivity contribution >= 4 is 34.7 Å². The summed E-state index contributed by atoms with van der Waals surface area (Å²) in [5.41, 5.74) is 4.12. The summed E-state index contributed by atoms with van der Waals surface area (Å²) in [5.74, 6) is -0.824. The van der Waals surface area contributed by atoms with Crippen LogP contribution in [0.5, 0.6) is 0 Å². The molecule has 0 radical (unpaired) electrons. The summed E-state index contributed by atoms with van der Waals surface area (Å²) in [5, 5.41) is 15.9. The van der Waals surface area contributed by atoms with E-state index in [0.29, 0.717) is 17.7 Å². The Bertz CT molecular complexity index is 1120. The second-order valence-electron chi connectivity index (χ2n) is 6.39. The highest BCUT2D eigenvalue weighted by atomic mass is 16.6. The molecule has 2 aromatic carbocycles. The fourth-order valence-corrected chi connectivity index (χ4v) is 3.08. The maximum absolute atomic E-state index is 12.1. The lowest BCUT2D eigenvalue weighted by molar-refractivity contribution is -0.385. The van der Waals surface area contributed by atoms with Gasteiger partial charge in [-0.15, -0.1) is 0 Å². The maximum Gasteiger partial charge on any atom is 0.325 e. The number of rotatable bonds is 8. The zero-order valence-electron chi connectivity index (χ0n) is 16.3. The SMILES string of the molecule is CCOC(=O)Cn1cc(/C=N/NC(=O)Cc2ccccc2[N+](=O)[O-])c2ccccc21. The monoisotopic (exact) mass is 408 g/mol. The highest BCUT2D eigenvalue weighted by Crippen LogP contribution is 2.20. The Hall–Kier alpha value is -4.01. The Morgan fingerprint density at radius 3 is 2.70 bits per heavy atom. The quantitative estimate of drug-likeness (QED) is 0.266. The van der Waals surface area contributed by atoms with Crippen molar-refractivity contribution < 1.29 is 19.2 Å². The molecule has 1 amide bonds. The van der Waals surface area contributed by atoms with Gasteiger partial charge in [-0.3, -0.25) is 19.7 Å². The van der Waals surface area contributed by atoms with Crippen molar-refractivity contribution in [1.29, 1.82) is 0 Å². The van der Waals surface area contributed by atoms with Crippen molar-refractivity contribution in [3.63, 3.8) is 0 Å². The van der Waals surface area contributed by atoms with Gasteiger partial charge in [-0.25, -0.2) is 5.43 Å². The number of para-hydroxylation sites is 2. The molecule has 0 aliphatic rings. The van der Waals surface area contributed by atoms with Gasteiger partial charge in [0.15, 0.2) is 0 Å². The number of nitrogens with zero attached hydrogens (tertiary/aromatic N) is 3. The average molecular weight is 408 g/mol. The number of ether oxygens (including phenoxy) is 1. The van der Waals surface area contributed by atoms with Crippen molar-refractivity contribution in [1.82, 2.24) is 9.99 Å². The van der Waals surface area contributed by atoms with E-state index in [1.54, 1.807) is 29.8 Å². The molecular formula is C21H20N4O5. The average Bonchev–Trinajstić information content (AvgIpc) is 3.06. The van der Waals surface area contributed by atoms with Crippen molar-refractivity contribution in [2.45, 2.75) is 19.9 Å². The number of nitro groups is 1. The third-order valence-electron chi connectivity index (χ3n) is 4.36. The molecule has 0 fully saturated rings. The van der Waals surface area contributed by atoms with Gasteiger partial charge in [0.2, 0.25) is 5.91 Å². The van der Waals surface area contributed by atoms with E-state index in [2.05, 4.69) is 10.5 Å². The minimum absolute atomic E-state index is 0.0617. The second kappa shape index (κ2) is 9.46. The van der Waals surface area contributed by atoms with Crippen LogP contribution in [0.25, 0.3) is 10.9 Å². The maximum atomic E-state index is 12.1. The zero-order chi connectivity index (χ0) is 21.5. The van der Waals surface area contributed by atoms with Gasteiger partial charge < -0.3 is 9.30 Å². The van der Waals surface area contributed by atoms with Crippen molar-refractivity contribution in [2.24, 2.45) is 5.10 Å². The van der Waals surface area contributed by atoms with Crippen LogP contribution in [0.2, 0.25) is 0 Å². The summed E-state index contributed by atoms with van der Waals surface area (Å²) in [6.45, 7) is 2.11. The molecule has 1 N–H and O–H groups in total. The largest absolute Gasteiger partial charge is 0.465 e. The molecule has 3 rings (SSSR count). The third kappa shape index (κ3) is 4.88. The van der Waals surface area contributed by atoms with Crippen molar-refractivity contribution in [2.75, 3.05) is 6.61 Å². The molecular weight excluding hydrogens is 388 g/mol. The molecule has 0 aliphatic carbocycles. The molecule has 9 nitrogen and oxygen atoms in total. The minimum Gasteiger partial charge on any atom is -0.465 e. The number of carbonyl (C=O) groups excluding carboxylic acids is 2. The first-order chi connectivity index (χ1) is 14.5. The number of esters is 1. The number of aromatic nitrogens is 1. The summed E-state index contributed by atoms with van der Waals surface area (Å²) < 4.78 is 6.76. The summed E-state index contributed by atoms with van der Waals surface area (Å²) in [6.07, 6.45) is 3.06. The number of nitrogens with one attached hydrogen (secondary N) is 1. The Labute approximate surface area is 172 Å². The van der Waals surface area contributed by atoms with E-state index in [0.717, 1.165) is 10.9 Å². The Morgan fingerprint density at radius 1 is 1.20 bits per heavy atom. The molecule has 0 atom stereocenters. The number of nitro benzene ring substituents is 1. The molecule has 0 aliphatic heterocycles. The van der Waals surface area contributed by atoms with Crippen LogP contribution < -0.4 is 5.43 Å². The minimum atomic E-state index is -0.524. The van der Waals surface area contributed by atoms with Crippen LogP contribution in [0.15, 0.2) is 59.8 Å². The van der Waals surface area contributed by atoms with Crippen molar-refractivity contribution in [3.05, 3.63) is 76.0 Å². The van der Waals surface area contributed by atoms with E-state index in [4.69, 9.17) is 4.74 Å². The van der Waals surface area contributed by atoms with E-state index in [1.807, 2.05) is 24.3 Å². The van der Waals surface area contributed by atoms with E-state index >= 15 is 0 Å². The number of hydrazone groups is 1. The van der Waals surface area contributed by atoms with Gasteiger partial charge in [0.05, 0.1) is 24.2 Å². The van der Waals surface area contributed by atoms with Gasteiger partial charge in [0.25, 0.3) is 5.69 Å². The lowest BCUT2D eigenvalue weighted by atomic mass is 10.1. The standard InChI is InChI=1S/C21H20N4O5/c1-2-30-21(27)14-24-13-16(17-8-4-6-10-19(17)24)12-22-23-20(26)11-15-7-3-5-9-18(15)25(28)29/h3-10,12-13H,2,11,14H2,1H3,(H,23,26)/b22-12+. The number of fused-ring (bicyclic) bond motifs is 1. The Balaban J connectivity index is 1.73.